The van der Waals surface area contributed by atoms with Crippen LogP contribution in [0.15, 0.2) is 82.8 Å². The average Bonchev–Trinajstić information content (AvgIpc) is 2.73. The Labute approximate surface area is 185 Å². The Morgan fingerprint density at radius 2 is 1.53 bits per heavy atom. The quantitative estimate of drug-likeness (QED) is 0.226. The van der Waals surface area contributed by atoms with Crippen molar-refractivity contribution in [2.45, 2.75) is 25.7 Å². The maximum absolute atomic E-state index is 13.1. The molecule has 30 heavy (non-hydrogen) atoms. The topological polar surface area (TPSA) is 65.0 Å². The third kappa shape index (κ3) is 5.27. The van der Waals surface area contributed by atoms with Crippen molar-refractivity contribution in [2.24, 2.45) is 5.16 Å². The van der Waals surface area contributed by atoms with E-state index in [0.29, 0.717) is 5.71 Å². The third-order valence-electron chi connectivity index (χ3n) is 4.31. The Hall–Kier alpha value is -2.23. The molecule has 0 fully saturated rings. The van der Waals surface area contributed by atoms with E-state index in [1.165, 1.54) is 7.11 Å². The molecule has 0 saturated carbocycles. The molecule has 0 spiro atoms. The summed E-state index contributed by atoms with van der Waals surface area (Å²) in [6, 6.07) is 22.1. The Kier molecular flexibility index (Phi) is 7.27. The van der Waals surface area contributed by atoms with Crippen LogP contribution < -0.4 is 0 Å². The second-order valence-electron chi connectivity index (χ2n) is 6.72. The molecule has 0 bridgehead atoms. The fraction of sp³-hybridized carbons (Fsp3) is 0.174. The predicted molar refractivity (Wildman–Crippen MR) is 128 cm³/mol. The van der Waals surface area contributed by atoms with E-state index >= 15 is 0 Å². The van der Waals surface area contributed by atoms with E-state index in [2.05, 4.69) is 5.16 Å². The van der Waals surface area contributed by atoms with Gasteiger partial charge >= 0.3 is 186 Å². The Bertz CT molecular complexity index is 1140. The molecule has 158 valence electrons. The molecule has 0 aliphatic rings. The van der Waals surface area contributed by atoms with Gasteiger partial charge in [-0.25, -0.2) is 0 Å². The summed E-state index contributed by atoms with van der Waals surface area (Å²) in [4.78, 5) is 5.12. The van der Waals surface area contributed by atoms with E-state index in [-0.39, 0.29) is 4.90 Å². The van der Waals surface area contributed by atoms with Crippen LogP contribution in [0.25, 0.3) is 0 Å². The summed E-state index contributed by atoms with van der Waals surface area (Å²) < 4.78 is 34.0. The van der Waals surface area contributed by atoms with E-state index in [9.17, 15) is 8.42 Å². The van der Waals surface area contributed by atoms with Gasteiger partial charge in [0.15, 0.2) is 0 Å². The van der Waals surface area contributed by atoms with Crippen molar-refractivity contribution in [3.05, 3.63) is 96.6 Å². The molecule has 0 amide bonds. The minimum absolute atomic E-state index is 0.155. The molecule has 0 aromatic heterocycles. The van der Waals surface area contributed by atoms with E-state index in [1.54, 1.807) is 24.3 Å². The summed E-state index contributed by atoms with van der Waals surface area (Å²) in [6.07, 6.45) is 0. The van der Waals surface area contributed by atoms with Gasteiger partial charge in [0.1, 0.15) is 0 Å². The fourth-order valence-corrected chi connectivity index (χ4v) is 10.2. The summed E-state index contributed by atoms with van der Waals surface area (Å²) in [5, 5.41) is 4.07. The van der Waals surface area contributed by atoms with Gasteiger partial charge < -0.3 is 0 Å². The molecule has 3 rings (SSSR count). The van der Waals surface area contributed by atoms with Crippen LogP contribution in [0.2, 0.25) is 0 Å². The number of nitrogens with zero attached hydrogens (tertiary/aromatic N) is 1. The van der Waals surface area contributed by atoms with Crippen molar-refractivity contribution in [3.63, 3.8) is 0 Å². The van der Waals surface area contributed by atoms with Gasteiger partial charge in [0.05, 0.1) is 0 Å². The maximum atomic E-state index is 13.1. The van der Waals surface area contributed by atoms with Gasteiger partial charge in [-0.2, -0.15) is 0 Å². The van der Waals surface area contributed by atoms with Gasteiger partial charge in [0, 0.05) is 0 Å². The van der Waals surface area contributed by atoms with Gasteiger partial charge in [0.2, 0.25) is 0 Å². The van der Waals surface area contributed by atoms with Gasteiger partial charge in [-0.05, 0) is 0 Å². The Morgan fingerprint density at radius 1 is 0.900 bits per heavy atom. The van der Waals surface area contributed by atoms with Gasteiger partial charge in [0.25, 0.3) is 0 Å². The normalized spacial score (nSPS) is 12.5. The van der Waals surface area contributed by atoms with Crippen molar-refractivity contribution in [1.82, 2.24) is 0 Å². The van der Waals surface area contributed by atoms with E-state index in [4.69, 9.17) is 7.35 Å². The summed E-state index contributed by atoms with van der Waals surface area (Å²) in [5.74, 6) is 0. The molecule has 0 unspecified atom stereocenters. The average molecular weight is 537 g/mol. The van der Waals surface area contributed by atoms with Crippen molar-refractivity contribution in [3.8, 4) is 0 Å². The number of benzene rings is 3. The van der Waals surface area contributed by atoms with Crippen LogP contribution in [0.5, 0.6) is 0 Å². The molecule has 3 aromatic rings. The Morgan fingerprint density at radius 3 is 2.17 bits per heavy atom. The molecule has 0 atom stereocenters. The van der Waals surface area contributed by atoms with Crippen molar-refractivity contribution in [2.75, 3.05) is 7.11 Å². The molecule has 5 nitrogen and oxygen atoms in total. The van der Waals surface area contributed by atoms with Gasteiger partial charge in [-0.3, -0.25) is 0 Å². The van der Waals surface area contributed by atoms with E-state index in [0.717, 1.165) is 23.8 Å². The van der Waals surface area contributed by atoms with Crippen LogP contribution in [0.3, 0.4) is 0 Å². The molecule has 0 aliphatic carbocycles. The van der Waals surface area contributed by atoms with Crippen LogP contribution in [0, 0.1) is 21.0 Å². The third-order valence-corrected chi connectivity index (χ3v) is 11.8. The zero-order valence-corrected chi connectivity index (χ0v) is 20.3. The zero-order valence-electron chi connectivity index (χ0n) is 17.3. The minimum atomic E-state index is -3.94. The van der Waals surface area contributed by atoms with Crippen LogP contribution in [0.1, 0.15) is 23.6 Å². The van der Waals surface area contributed by atoms with Crippen LogP contribution in [0.4, 0.5) is 0 Å². The summed E-state index contributed by atoms with van der Waals surface area (Å²) in [6.45, 7) is 5.74. The standard InChI is InChI=1S/C23H24INO4S/c1-17-10-13-21(14-11-17)30(26,27)29-24(20-8-6-5-7-9-20)23-15-12-18(2)16-22(23)19(3)25-28-4/h5-16H,1-4H3/b25-19-. The number of hydrogen-bond donors (Lipinski definition) is 0. The summed E-state index contributed by atoms with van der Waals surface area (Å²) in [5.41, 5.74) is 3.54. The zero-order chi connectivity index (χ0) is 21.7. The van der Waals surface area contributed by atoms with Crippen LogP contribution in [-0.2, 0) is 17.5 Å². The molecule has 0 saturated heterocycles. The molecule has 0 radical (unpaired) electrons. The van der Waals surface area contributed by atoms with E-state index < -0.39 is 30.4 Å². The predicted octanol–water partition coefficient (Wildman–Crippen LogP) is 5.54. The van der Waals surface area contributed by atoms with Crippen molar-refractivity contribution < 1.29 is 15.8 Å². The first kappa shape index (κ1) is 22.5. The van der Waals surface area contributed by atoms with Crippen molar-refractivity contribution >= 4 is 36.1 Å². The summed E-state index contributed by atoms with van der Waals surface area (Å²) in [7, 11) is -2.45. The van der Waals surface area contributed by atoms with E-state index in [1.807, 2.05) is 69.3 Å². The van der Waals surface area contributed by atoms with Crippen molar-refractivity contribution in [1.29, 1.82) is 0 Å². The molecule has 0 N–H and O–H groups in total. The monoisotopic (exact) mass is 537 g/mol. The molecule has 0 aliphatic heterocycles. The molecular formula is C23H24INO4S. The SMILES string of the molecule is CO/N=C(/C)c1cc(C)ccc1I(OS(=O)(=O)c1ccc(C)cc1)c1ccccc1. The Balaban J connectivity index is 2.14. The van der Waals surface area contributed by atoms with Crippen LogP contribution >= 0.6 is 20.2 Å². The first-order valence-corrected chi connectivity index (χ1v) is 13.7. The van der Waals surface area contributed by atoms with Gasteiger partial charge in [-0.15, -0.1) is 0 Å². The first-order chi connectivity index (χ1) is 14.3. The summed E-state index contributed by atoms with van der Waals surface area (Å²) >= 11 is -2.85. The fourth-order valence-electron chi connectivity index (χ4n) is 2.79. The number of halogens is 1. The first-order valence-electron chi connectivity index (χ1n) is 9.27. The van der Waals surface area contributed by atoms with Crippen LogP contribution in [-0.4, -0.2) is 21.2 Å². The second kappa shape index (κ2) is 9.72. The molecular weight excluding hydrogens is 513 g/mol. The number of aryl methyl sites for hydroxylation is 2. The molecule has 3 aromatic carbocycles. The number of oxime groups is 1. The molecule has 0 heterocycles. The number of rotatable bonds is 7. The number of hydrogen-bond acceptors (Lipinski definition) is 5. The molecule has 7 heteroatoms. The van der Waals surface area contributed by atoms with Gasteiger partial charge in [-0.1, -0.05) is 0 Å². The second-order valence-corrected chi connectivity index (χ2v) is 13.1.